The molecule has 3 rings (SSSR count). The number of esters is 4. The Labute approximate surface area is 195 Å². The lowest BCUT2D eigenvalue weighted by Gasteiger charge is -2.36. The fourth-order valence-corrected chi connectivity index (χ4v) is 4.39. The Morgan fingerprint density at radius 3 is 2.38 bits per heavy atom. The molecule has 0 bridgehead atoms. The smallest absolute Gasteiger partial charge is 0.311 e. The molecule has 0 unspecified atom stereocenters. The summed E-state index contributed by atoms with van der Waals surface area (Å²) in [5.41, 5.74) is 3.78. The third kappa shape index (κ3) is 4.99. The predicted molar refractivity (Wildman–Crippen MR) is 113 cm³/mol. The van der Waals surface area contributed by atoms with Crippen LogP contribution in [0, 0.1) is 0 Å². The van der Waals surface area contributed by atoms with Crippen molar-refractivity contribution in [1.29, 1.82) is 0 Å². The van der Waals surface area contributed by atoms with Gasteiger partial charge in [0.25, 0.3) is 0 Å². The number of thiazole rings is 1. The molecule has 14 nitrogen and oxygen atoms in total. The largest absolute Gasteiger partial charge is 0.463 e. The van der Waals surface area contributed by atoms with Crippen LogP contribution >= 0.6 is 11.3 Å². The summed E-state index contributed by atoms with van der Waals surface area (Å²) in [7, 11) is 0. The van der Waals surface area contributed by atoms with Crippen molar-refractivity contribution in [1.82, 2.24) is 14.5 Å². The monoisotopic (exact) mass is 498 g/mol. The highest BCUT2D eigenvalue weighted by Gasteiger charge is 2.64. The summed E-state index contributed by atoms with van der Waals surface area (Å²) in [6, 6.07) is 0. The molecule has 34 heavy (non-hydrogen) atoms. The van der Waals surface area contributed by atoms with Gasteiger partial charge in [-0.1, -0.05) is 11.3 Å². The van der Waals surface area contributed by atoms with Gasteiger partial charge in [0.05, 0.1) is 10.9 Å². The molecule has 0 saturated carbocycles. The summed E-state index contributed by atoms with van der Waals surface area (Å²) in [4.78, 5) is 67.6. The van der Waals surface area contributed by atoms with Crippen LogP contribution in [0.2, 0.25) is 0 Å². The van der Waals surface area contributed by atoms with E-state index >= 15 is 0 Å². The van der Waals surface area contributed by atoms with Crippen molar-refractivity contribution in [2.45, 2.75) is 51.7 Å². The molecule has 1 saturated heterocycles. The second-order valence-corrected chi connectivity index (χ2v) is 8.32. The Hall–Kier alpha value is -3.59. The molecule has 1 aliphatic rings. The van der Waals surface area contributed by atoms with Gasteiger partial charge in [0.1, 0.15) is 19.3 Å². The topological polar surface area (TPSA) is 188 Å². The highest BCUT2D eigenvalue weighted by atomic mass is 32.1. The molecule has 4 atom stereocenters. The number of fused-ring (bicyclic) bond motifs is 1. The molecule has 2 aromatic heterocycles. The Morgan fingerprint density at radius 1 is 1.12 bits per heavy atom. The number of anilines is 1. The van der Waals surface area contributed by atoms with E-state index in [1.807, 2.05) is 0 Å². The number of nitrogens with two attached hydrogens (primary N) is 1. The first-order valence-corrected chi connectivity index (χ1v) is 10.7. The van der Waals surface area contributed by atoms with E-state index in [1.165, 1.54) is 6.20 Å². The number of hydrogen-bond acceptors (Lipinski definition) is 14. The second kappa shape index (κ2) is 9.72. The van der Waals surface area contributed by atoms with Crippen LogP contribution in [-0.4, -0.2) is 69.4 Å². The number of nitrogens with zero attached hydrogens (tertiary/aromatic N) is 3. The van der Waals surface area contributed by atoms with Crippen LogP contribution in [0.5, 0.6) is 0 Å². The normalized spacial score (nSPS) is 23.9. The minimum Gasteiger partial charge on any atom is -0.463 e. The molecule has 2 aromatic rings. The van der Waals surface area contributed by atoms with Crippen molar-refractivity contribution in [2.24, 2.45) is 0 Å². The van der Waals surface area contributed by atoms with E-state index < -0.39 is 66.0 Å². The summed E-state index contributed by atoms with van der Waals surface area (Å²) >= 11 is 0.775. The van der Waals surface area contributed by atoms with Crippen molar-refractivity contribution in [3.63, 3.8) is 0 Å². The number of rotatable bonds is 7. The van der Waals surface area contributed by atoms with Crippen molar-refractivity contribution in [3.8, 4) is 0 Å². The Kier molecular flexibility index (Phi) is 7.16. The van der Waals surface area contributed by atoms with Crippen molar-refractivity contribution in [3.05, 3.63) is 15.9 Å². The van der Waals surface area contributed by atoms with E-state index in [0.717, 1.165) is 43.6 Å². The summed E-state index contributed by atoms with van der Waals surface area (Å²) in [5, 5.41) is 0. The molecule has 1 aliphatic heterocycles. The Balaban J connectivity index is 2.22. The van der Waals surface area contributed by atoms with Crippen molar-refractivity contribution in [2.75, 3.05) is 18.9 Å². The molecule has 3 heterocycles. The highest BCUT2D eigenvalue weighted by Crippen LogP contribution is 2.43. The quantitative estimate of drug-likeness (QED) is 0.387. The molecular weight excluding hydrogens is 476 g/mol. The number of carbonyl (C=O) groups is 4. The van der Waals surface area contributed by atoms with Crippen molar-refractivity contribution < 1.29 is 42.9 Å². The second-order valence-electron chi connectivity index (χ2n) is 7.33. The third-order valence-electron chi connectivity index (χ3n) is 4.79. The maximum absolute atomic E-state index is 12.9. The summed E-state index contributed by atoms with van der Waals surface area (Å²) < 4.78 is 28.6. The Morgan fingerprint density at radius 2 is 1.79 bits per heavy atom. The highest BCUT2D eigenvalue weighted by molar-refractivity contribution is 7.16. The molecular formula is C19H22N4O10S. The van der Waals surface area contributed by atoms with Crippen LogP contribution in [0.3, 0.4) is 0 Å². The molecule has 0 aliphatic carbocycles. The van der Waals surface area contributed by atoms with Crippen LogP contribution < -0.4 is 10.6 Å². The summed E-state index contributed by atoms with van der Waals surface area (Å²) in [6.07, 6.45) is -2.91. The lowest BCUT2D eigenvalue weighted by Crippen LogP contribution is -2.57. The van der Waals surface area contributed by atoms with Crippen LogP contribution in [0.15, 0.2) is 11.0 Å². The van der Waals surface area contributed by atoms with E-state index in [0.29, 0.717) is 4.70 Å². The molecule has 0 radical (unpaired) electrons. The summed E-state index contributed by atoms with van der Waals surface area (Å²) in [5.74, 6) is -3.20. The average Bonchev–Trinajstić information content (AvgIpc) is 3.18. The van der Waals surface area contributed by atoms with Gasteiger partial charge in [-0.25, -0.2) is 4.98 Å². The van der Waals surface area contributed by atoms with Crippen LogP contribution in [0.4, 0.5) is 5.95 Å². The molecule has 184 valence electrons. The molecule has 2 N–H and O–H groups in total. The number of hydrogen-bond donors (Lipinski definition) is 1. The predicted octanol–water partition coefficient (Wildman–Crippen LogP) is -0.308. The average molecular weight is 498 g/mol. The number of aromatic nitrogens is 3. The van der Waals surface area contributed by atoms with Gasteiger partial charge in [0, 0.05) is 27.7 Å². The zero-order chi connectivity index (χ0) is 25.2. The molecule has 0 aromatic carbocycles. The fraction of sp³-hybridized carbons (Fsp3) is 0.526. The van der Waals surface area contributed by atoms with E-state index in [9.17, 15) is 24.0 Å². The molecule has 15 heteroatoms. The minimum atomic E-state index is -1.98. The molecule has 0 amide bonds. The first-order valence-electron chi connectivity index (χ1n) is 9.87. The zero-order valence-electron chi connectivity index (χ0n) is 18.6. The lowest BCUT2D eigenvalue weighted by molar-refractivity contribution is -0.200. The van der Waals surface area contributed by atoms with Crippen molar-refractivity contribution >= 4 is 51.5 Å². The lowest BCUT2D eigenvalue weighted by atomic mass is 9.92. The van der Waals surface area contributed by atoms with Crippen LogP contribution in [0.1, 0.15) is 33.9 Å². The van der Waals surface area contributed by atoms with Crippen LogP contribution in [0.25, 0.3) is 10.3 Å². The molecule has 1 fully saturated rings. The van der Waals surface area contributed by atoms with E-state index in [-0.39, 0.29) is 11.6 Å². The van der Waals surface area contributed by atoms with Crippen LogP contribution in [-0.2, 0) is 42.9 Å². The van der Waals surface area contributed by atoms with Gasteiger partial charge >= 0.3 is 28.8 Å². The fourth-order valence-electron chi connectivity index (χ4n) is 3.57. The SMILES string of the molecule is CC(=O)OC[C@H]1O[C@@H](n2c(=O)sc3cnc(N)nc32)[C@H](OC(C)=O)[C@@]1(COC(C)=O)OC(C)=O. The maximum Gasteiger partial charge on any atom is 0.311 e. The minimum absolute atomic E-state index is 0.0713. The van der Waals surface area contributed by atoms with Gasteiger partial charge in [-0.3, -0.25) is 28.5 Å². The summed E-state index contributed by atoms with van der Waals surface area (Å²) in [6.45, 7) is 3.33. The first-order chi connectivity index (χ1) is 15.9. The van der Waals surface area contributed by atoms with E-state index in [1.54, 1.807) is 0 Å². The molecule has 0 spiro atoms. The maximum atomic E-state index is 12.9. The standard InChI is InChI=1S/C19H22N4O10S/c1-8(24)29-6-13-19(33-11(4)27,7-30-9(2)25)14(31-10(3)26)16(32-13)23-15-12(34-18(23)28)5-21-17(20)22-15/h5,13-14,16H,6-7H2,1-4H3,(H2,20,21,22)/t13-,14+,16-,19+/m1/s1. The van der Waals surface area contributed by atoms with Gasteiger partial charge in [-0.15, -0.1) is 0 Å². The van der Waals surface area contributed by atoms with Gasteiger partial charge in [0.2, 0.25) is 11.5 Å². The first kappa shape index (κ1) is 25.0. The number of carbonyl (C=O) groups excluding carboxylic acids is 4. The van der Waals surface area contributed by atoms with Gasteiger partial charge in [0.15, 0.2) is 18.0 Å². The van der Waals surface area contributed by atoms with Gasteiger partial charge < -0.3 is 29.4 Å². The van der Waals surface area contributed by atoms with E-state index in [2.05, 4.69) is 9.97 Å². The Bertz CT molecular complexity index is 1190. The van der Waals surface area contributed by atoms with E-state index in [4.69, 9.17) is 29.4 Å². The van der Waals surface area contributed by atoms with Gasteiger partial charge in [-0.05, 0) is 0 Å². The van der Waals surface area contributed by atoms with Gasteiger partial charge in [-0.2, -0.15) is 4.98 Å². The number of ether oxygens (including phenoxy) is 5. The third-order valence-corrected chi connectivity index (χ3v) is 5.67. The number of nitrogen functional groups attached to an aromatic ring is 1. The zero-order valence-corrected chi connectivity index (χ0v) is 19.4.